The van der Waals surface area contributed by atoms with E-state index >= 15 is 0 Å². The summed E-state index contributed by atoms with van der Waals surface area (Å²) in [6.45, 7) is 3.00. The van der Waals surface area contributed by atoms with Crippen LogP contribution in [0.5, 0.6) is 0 Å². The molecule has 29 heavy (non-hydrogen) atoms. The van der Waals surface area contributed by atoms with Crippen LogP contribution in [0, 0.1) is 12.7 Å². The van der Waals surface area contributed by atoms with Crippen molar-refractivity contribution < 1.29 is 18.7 Å². The van der Waals surface area contributed by atoms with Gasteiger partial charge in [0.25, 0.3) is 5.91 Å². The van der Waals surface area contributed by atoms with Crippen LogP contribution in [-0.2, 0) is 4.74 Å². The van der Waals surface area contributed by atoms with E-state index in [2.05, 4.69) is 10.4 Å². The average molecular weight is 416 g/mol. The van der Waals surface area contributed by atoms with Crippen LogP contribution in [0.2, 0.25) is 0 Å². The maximum Gasteiger partial charge on any atom is 0.409 e. The number of halogens is 1. The fourth-order valence-electron chi connectivity index (χ4n) is 3.51. The highest BCUT2D eigenvalue weighted by molar-refractivity contribution is 7.20. The zero-order valence-corrected chi connectivity index (χ0v) is 17.0. The molecule has 3 heterocycles. The summed E-state index contributed by atoms with van der Waals surface area (Å²) in [7, 11) is 1.37. The molecule has 0 radical (unpaired) electrons. The zero-order valence-electron chi connectivity index (χ0n) is 16.1. The van der Waals surface area contributed by atoms with E-state index in [4.69, 9.17) is 4.74 Å². The SMILES string of the molecule is COC(=O)N1CCC(NC(=O)c2cc3c(C)nn(-c4ccc(F)cc4)c3s2)CC1. The molecule has 0 aliphatic carbocycles. The second-order valence-corrected chi connectivity index (χ2v) is 8.04. The fraction of sp³-hybridized carbons (Fsp3) is 0.350. The molecule has 1 aliphatic rings. The summed E-state index contributed by atoms with van der Waals surface area (Å²) >= 11 is 1.36. The Balaban J connectivity index is 1.50. The molecule has 0 saturated carbocycles. The van der Waals surface area contributed by atoms with Gasteiger partial charge in [0, 0.05) is 24.5 Å². The molecule has 9 heteroatoms. The first-order valence-electron chi connectivity index (χ1n) is 9.35. The summed E-state index contributed by atoms with van der Waals surface area (Å²) in [5, 5.41) is 8.49. The lowest BCUT2D eigenvalue weighted by atomic mass is 10.1. The van der Waals surface area contributed by atoms with Crippen molar-refractivity contribution in [3.8, 4) is 5.69 Å². The molecular formula is C20H21FN4O3S. The quantitative estimate of drug-likeness (QED) is 0.709. The Kier molecular flexibility index (Phi) is 5.23. The molecule has 1 aliphatic heterocycles. The summed E-state index contributed by atoms with van der Waals surface area (Å²) in [5.41, 5.74) is 1.56. The van der Waals surface area contributed by atoms with E-state index in [1.54, 1.807) is 21.7 Å². The highest BCUT2D eigenvalue weighted by Gasteiger charge is 2.25. The van der Waals surface area contributed by atoms with Crippen LogP contribution < -0.4 is 5.32 Å². The topological polar surface area (TPSA) is 76.5 Å². The van der Waals surface area contributed by atoms with Gasteiger partial charge in [0.05, 0.1) is 23.4 Å². The molecule has 3 aromatic rings. The van der Waals surface area contributed by atoms with E-state index in [0.29, 0.717) is 30.8 Å². The summed E-state index contributed by atoms with van der Waals surface area (Å²) in [4.78, 5) is 27.4. The van der Waals surface area contributed by atoms with Gasteiger partial charge in [0.2, 0.25) is 0 Å². The molecule has 2 aromatic heterocycles. The van der Waals surface area contributed by atoms with E-state index in [9.17, 15) is 14.0 Å². The van der Waals surface area contributed by atoms with Crippen LogP contribution in [0.1, 0.15) is 28.2 Å². The lowest BCUT2D eigenvalue weighted by molar-refractivity contribution is 0.0896. The number of thiophene rings is 1. The molecular weight excluding hydrogens is 395 g/mol. The molecule has 2 amide bonds. The minimum atomic E-state index is -0.333. The third kappa shape index (κ3) is 3.82. The normalized spacial score (nSPS) is 14.9. The van der Waals surface area contributed by atoms with Crippen molar-refractivity contribution in [2.75, 3.05) is 20.2 Å². The van der Waals surface area contributed by atoms with E-state index in [0.717, 1.165) is 21.6 Å². The lowest BCUT2D eigenvalue weighted by Crippen LogP contribution is -2.46. The Bertz CT molecular complexity index is 1050. The number of ether oxygens (including phenoxy) is 1. The second kappa shape index (κ2) is 7.82. The van der Waals surface area contributed by atoms with Crippen molar-refractivity contribution in [1.29, 1.82) is 0 Å². The van der Waals surface area contributed by atoms with Gasteiger partial charge in [0.15, 0.2) is 0 Å². The largest absolute Gasteiger partial charge is 0.453 e. The van der Waals surface area contributed by atoms with Crippen LogP contribution in [0.3, 0.4) is 0 Å². The molecule has 1 fully saturated rings. The summed E-state index contributed by atoms with van der Waals surface area (Å²) < 4.78 is 19.7. The fourth-order valence-corrected chi connectivity index (χ4v) is 4.59. The summed E-state index contributed by atoms with van der Waals surface area (Å²) in [6, 6.07) is 7.97. The first-order chi connectivity index (χ1) is 14.0. The number of methoxy groups -OCH3 is 1. The van der Waals surface area contributed by atoms with E-state index in [1.807, 2.05) is 13.0 Å². The Morgan fingerprint density at radius 1 is 1.24 bits per heavy atom. The predicted octanol–water partition coefficient (Wildman–Crippen LogP) is 3.50. The maximum absolute atomic E-state index is 13.2. The van der Waals surface area contributed by atoms with Gasteiger partial charge < -0.3 is 15.0 Å². The molecule has 0 bridgehead atoms. The van der Waals surface area contributed by atoms with Crippen LogP contribution in [0.25, 0.3) is 15.9 Å². The number of amides is 2. The maximum atomic E-state index is 13.2. The molecule has 1 N–H and O–H groups in total. The smallest absolute Gasteiger partial charge is 0.409 e. The van der Waals surface area contributed by atoms with Gasteiger partial charge in [-0.2, -0.15) is 5.10 Å². The Morgan fingerprint density at radius 3 is 2.59 bits per heavy atom. The number of likely N-dealkylation sites (tertiary alicyclic amines) is 1. The number of nitrogens with zero attached hydrogens (tertiary/aromatic N) is 3. The van der Waals surface area contributed by atoms with Crippen molar-refractivity contribution >= 4 is 33.6 Å². The highest BCUT2D eigenvalue weighted by atomic mass is 32.1. The number of fused-ring (bicyclic) bond motifs is 1. The molecule has 7 nitrogen and oxygen atoms in total. The van der Waals surface area contributed by atoms with Gasteiger partial charge in [-0.1, -0.05) is 0 Å². The molecule has 152 valence electrons. The molecule has 0 spiro atoms. The van der Waals surface area contributed by atoms with Crippen molar-refractivity contribution in [3.05, 3.63) is 46.7 Å². The summed E-state index contributed by atoms with van der Waals surface area (Å²) in [6.07, 6.45) is 1.04. The number of aromatic nitrogens is 2. The van der Waals surface area contributed by atoms with Gasteiger partial charge >= 0.3 is 6.09 Å². The van der Waals surface area contributed by atoms with E-state index < -0.39 is 0 Å². The van der Waals surface area contributed by atoms with Crippen molar-refractivity contribution in [2.45, 2.75) is 25.8 Å². The van der Waals surface area contributed by atoms with Crippen molar-refractivity contribution in [2.24, 2.45) is 0 Å². The number of benzene rings is 1. The van der Waals surface area contributed by atoms with Crippen LogP contribution >= 0.6 is 11.3 Å². The standard InChI is InChI=1S/C20H21FN4O3S/c1-12-16-11-17(18(26)22-14-7-9-24(10-8-14)20(27)28-2)29-19(16)25(23-12)15-5-3-13(21)4-6-15/h3-6,11,14H,7-10H2,1-2H3,(H,22,26). The van der Waals surface area contributed by atoms with Gasteiger partial charge in [-0.3, -0.25) is 4.79 Å². The number of hydrogen-bond acceptors (Lipinski definition) is 5. The number of piperidine rings is 1. The van der Waals surface area contributed by atoms with Gasteiger partial charge in [-0.05, 0) is 50.1 Å². The second-order valence-electron chi connectivity index (χ2n) is 7.01. The predicted molar refractivity (Wildman–Crippen MR) is 108 cm³/mol. The van der Waals surface area contributed by atoms with Crippen molar-refractivity contribution in [1.82, 2.24) is 20.0 Å². The van der Waals surface area contributed by atoms with Gasteiger partial charge in [-0.25, -0.2) is 13.9 Å². The molecule has 1 aromatic carbocycles. The van der Waals surface area contributed by atoms with Gasteiger partial charge in [-0.15, -0.1) is 11.3 Å². The lowest BCUT2D eigenvalue weighted by Gasteiger charge is -2.31. The minimum Gasteiger partial charge on any atom is -0.453 e. The first-order valence-corrected chi connectivity index (χ1v) is 10.2. The number of carbonyl (C=O) groups is 2. The van der Waals surface area contributed by atoms with Crippen LogP contribution in [0.15, 0.2) is 30.3 Å². The van der Waals surface area contributed by atoms with Crippen molar-refractivity contribution in [3.63, 3.8) is 0 Å². The number of nitrogens with one attached hydrogen (secondary N) is 1. The third-order valence-electron chi connectivity index (χ3n) is 5.10. The Morgan fingerprint density at radius 2 is 1.93 bits per heavy atom. The monoisotopic (exact) mass is 416 g/mol. The highest BCUT2D eigenvalue weighted by Crippen LogP contribution is 2.30. The third-order valence-corrected chi connectivity index (χ3v) is 6.21. The molecule has 4 rings (SSSR count). The first kappa shape index (κ1) is 19.4. The Hall–Kier alpha value is -2.94. The minimum absolute atomic E-state index is 0.0170. The Labute approximate surface area is 171 Å². The zero-order chi connectivity index (χ0) is 20.5. The van der Waals surface area contributed by atoms with E-state index in [1.165, 1.54) is 30.6 Å². The van der Waals surface area contributed by atoms with E-state index in [-0.39, 0.29) is 23.9 Å². The number of hydrogen-bond donors (Lipinski definition) is 1. The van der Waals surface area contributed by atoms with Crippen LogP contribution in [0.4, 0.5) is 9.18 Å². The number of aryl methyl sites for hydroxylation is 1. The number of carbonyl (C=O) groups excluding carboxylic acids is 2. The number of rotatable bonds is 3. The molecule has 0 atom stereocenters. The molecule has 1 saturated heterocycles. The molecule has 0 unspecified atom stereocenters. The average Bonchev–Trinajstić information content (AvgIpc) is 3.29. The van der Waals surface area contributed by atoms with Crippen LogP contribution in [-0.4, -0.2) is 52.9 Å². The van der Waals surface area contributed by atoms with Gasteiger partial charge in [0.1, 0.15) is 10.6 Å². The summed E-state index contributed by atoms with van der Waals surface area (Å²) in [5.74, 6) is -0.439.